The predicted octanol–water partition coefficient (Wildman–Crippen LogP) is 7.33. The Hall–Kier alpha value is -4.70. The van der Waals surface area contributed by atoms with Gasteiger partial charge in [0.05, 0.1) is 13.2 Å². The largest absolute Gasteiger partial charge is 0.493 e. The van der Waals surface area contributed by atoms with E-state index >= 15 is 0 Å². The van der Waals surface area contributed by atoms with Gasteiger partial charge in [0.15, 0.2) is 11.6 Å². The van der Waals surface area contributed by atoms with Crippen LogP contribution in [0.3, 0.4) is 0 Å². The summed E-state index contributed by atoms with van der Waals surface area (Å²) in [6, 6.07) is 33.6. The van der Waals surface area contributed by atoms with E-state index in [2.05, 4.69) is 0 Å². The molecule has 4 aromatic rings. The number of hydrogen-bond donors (Lipinski definition) is 0. The molecule has 0 unspecified atom stereocenters. The SMILES string of the molecule is O=C(/C=C\c1ccc(OCCCOc2ccc(/C=C\C(=O)c3ccccc3)cc2)cc1)c1ccccc1. The number of carbonyl (C=O) groups excluding carboxylic acids is 2. The summed E-state index contributed by atoms with van der Waals surface area (Å²) in [7, 11) is 0. The average molecular weight is 489 g/mol. The quantitative estimate of drug-likeness (QED) is 0.119. The molecular formula is C33H28O4. The molecule has 0 saturated heterocycles. The van der Waals surface area contributed by atoms with Crippen molar-refractivity contribution >= 4 is 23.7 Å². The highest BCUT2D eigenvalue weighted by Crippen LogP contribution is 2.16. The summed E-state index contributed by atoms with van der Waals surface area (Å²) >= 11 is 0. The molecule has 0 aromatic heterocycles. The van der Waals surface area contributed by atoms with E-state index in [9.17, 15) is 9.59 Å². The minimum Gasteiger partial charge on any atom is -0.493 e. The Kier molecular flexibility index (Phi) is 9.20. The molecule has 0 atom stereocenters. The third-order valence-electron chi connectivity index (χ3n) is 5.56. The van der Waals surface area contributed by atoms with Crippen LogP contribution < -0.4 is 9.47 Å². The smallest absolute Gasteiger partial charge is 0.185 e. The lowest BCUT2D eigenvalue weighted by atomic mass is 10.1. The van der Waals surface area contributed by atoms with Crippen molar-refractivity contribution in [3.8, 4) is 11.5 Å². The Morgan fingerprint density at radius 3 is 1.27 bits per heavy atom. The molecule has 184 valence electrons. The number of ether oxygens (including phenoxy) is 2. The van der Waals surface area contributed by atoms with Gasteiger partial charge in [-0.05, 0) is 47.5 Å². The predicted molar refractivity (Wildman–Crippen MR) is 148 cm³/mol. The first-order valence-corrected chi connectivity index (χ1v) is 12.2. The fourth-order valence-corrected chi connectivity index (χ4v) is 3.53. The fraction of sp³-hybridized carbons (Fsp3) is 0.0909. The van der Waals surface area contributed by atoms with Gasteiger partial charge in [-0.15, -0.1) is 0 Å². The van der Waals surface area contributed by atoms with Crippen molar-refractivity contribution in [3.05, 3.63) is 144 Å². The molecule has 0 aliphatic rings. The molecule has 0 aliphatic carbocycles. The Labute approximate surface area is 217 Å². The molecule has 37 heavy (non-hydrogen) atoms. The van der Waals surface area contributed by atoms with Crippen molar-refractivity contribution in [2.75, 3.05) is 13.2 Å². The van der Waals surface area contributed by atoms with Crippen molar-refractivity contribution in [3.63, 3.8) is 0 Å². The van der Waals surface area contributed by atoms with Crippen LogP contribution in [0.4, 0.5) is 0 Å². The van der Waals surface area contributed by atoms with Crippen LogP contribution in [-0.2, 0) is 0 Å². The van der Waals surface area contributed by atoms with Gasteiger partial charge in [-0.1, -0.05) is 97.1 Å². The van der Waals surface area contributed by atoms with Crippen molar-refractivity contribution in [1.29, 1.82) is 0 Å². The molecule has 4 aromatic carbocycles. The normalized spacial score (nSPS) is 11.0. The Morgan fingerprint density at radius 1 is 0.514 bits per heavy atom. The van der Waals surface area contributed by atoms with E-state index in [-0.39, 0.29) is 11.6 Å². The van der Waals surface area contributed by atoms with Gasteiger partial charge >= 0.3 is 0 Å². The summed E-state index contributed by atoms with van der Waals surface area (Å²) < 4.78 is 11.6. The van der Waals surface area contributed by atoms with Crippen molar-refractivity contribution < 1.29 is 19.1 Å². The molecule has 0 radical (unpaired) electrons. The second kappa shape index (κ2) is 13.4. The molecule has 4 nitrogen and oxygen atoms in total. The van der Waals surface area contributed by atoms with Gasteiger partial charge in [0, 0.05) is 17.5 Å². The van der Waals surface area contributed by atoms with Crippen LogP contribution >= 0.6 is 0 Å². The van der Waals surface area contributed by atoms with E-state index in [1.54, 1.807) is 48.6 Å². The molecule has 0 N–H and O–H groups in total. The van der Waals surface area contributed by atoms with Crippen LogP contribution in [-0.4, -0.2) is 24.8 Å². The Morgan fingerprint density at radius 2 is 0.892 bits per heavy atom. The van der Waals surface area contributed by atoms with E-state index < -0.39 is 0 Å². The van der Waals surface area contributed by atoms with Gasteiger partial charge in [0.1, 0.15) is 11.5 Å². The highest BCUT2D eigenvalue weighted by atomic mass is 16.5. The van der Waals surface area contributed by atoms with Crippen LogP contribution in [0.15, 0.2) is 121 Å². The zero-order valence-electron chi connectivity index (χ0n) is 20.5. The first-order valence-electron chi connectivity index (χ1n) is 12.2. The van der Waals surface area contributed by atoms with Crippen molar-refractivity contribution in [1.82, 2.24) is 0 Å². The lowest BCUT2D eigenvalue weighted by molar-refractivity contribution is 0.103. The van der Waals surface area contributed by atoms with Crippen molar-refractivity contribution in [2.45, 2.75) is 6.42 Å². The van der Waals surface area contributed by atoms with E-state index in [0.717, 1.165) is 29.0 Å². The second-order valence-electron chi connectivity index (χ2n) is 8.32. The Bertz CT molecular complexity index is 1230. The van der Waals surface area contributed by atoms with Gasteiger partial charge in [-0.25, -0.2) is 0 Å². The van der Waals surface area contributed by atoms with Crippen LogP contribution in [0.5, 0.6) is 11.5 Å². The Balaban J connectivity index is 1.15. The molecule has 0 spiro atoms. The van der Waals surface area contributed by atoms with Gasteiger partial charge < -0.3 is 9.47 Å². The lowest BCUT2D eigenvalue weighted by Crippen LogP contribution is -2.05. The van der Waals surface area contributed by atoms with E-state index in [0.29, 0.717) is 24.3 Å². The fourth-order valence-electron chi connectivity index (χ4n) is 3.53. The topological polar surface area (TPSA) is 52.6 Å². The molecule has 0 amide bonds. The summed E-state index contributed by atoms with van der Waals surface area (Å²) in [5.74, 6) is 1.50. The molecule has 4 heteroatoms. The van der Waals surface area contributed by atoms with Crippen molar-refractivity contribution in [2.24, 2.45) is 0 Å². The van der Waals surface area contributed by atoms with Gasteiger partial charge in [-0.3, -0.25) is 9.59 Å². The molecule has 0 bridgehead atoms. The monoisotopic (exact) mass is 488 g/mol. The minimum atomic E-state index is -0.0230. The number of carbonyl (C=O) groups is 2. The highest BCUT2D eigenvalue weighted by Gasteiger charge is 2.01. The second-order valence-corrected chi connectivity index (χ2v) is 8.32. The third kappa shape index (κ3) is 8.18. The van der Waals surface area contributed by atoms with Gasteiger partial charge in [-0.2, -0.15) is 0 Å². The molecule has 0 fully saturated rings. The summed E-state index contributed by atoms with van der Waals surface area (Å²) in [5.41, 5.74) is 3.21. The standard InChI is InChI=1S/C33H28O4/c34-32(28-8-3-1-4-9-28)22-16-26-12-18-30(19-13-26)36-24-7-25-37-31-20-14-27(15-21-31)17-23-33(35)29-10-5-2-6-11-29/h1-6,8-23H,7,24-25H2/b22-16-,23-17-. The molecule has 0 heterocycles. The summed E-state index contributed by atoms with van der Waals surface area (Å²) in [6.07, 6.45) is 7.50. The maximum Gasteiger partial charge on any atom is 0.185 e. The van der Waals surface area contributed by atoms with E-state index in [1.807, 2.05) is 84.9 Å². The van der Waals surface area contributed by atoms with Gasteiger partial charge in [0.2, 0.25) is 0 Å². The van der Waals surface area contributed by atoms with Gasteiger partial charge in [0.25, 0.3) is 0 Å². The van der Waals surface area contributed by atoms with Crippen LogP contribution in [0, 0.1) is 0 Å². The minimum absolute atomic E-state index is 0.0230. The lowest BCUT2D eigenvalue weighted by Gasteiger charge is -2.08. The zero-order valence-corrected chi connectivity index (χ0v) is 20.5. The van der Waals surface area contributed by atoms with E-state index in [1.165, 1.54) is 0 Å². The molecular weight excluding hydrogens is 460 g/mol. The number of benzene rings is 4. The zero-order chi connectivity index (χ0) is 25.7. The third-order valence-corrected chi connectivity index (χ3v) is 5.56. The number of rotatable bonds is 12. The van der Waals surface area contributed by atoms with Crippen LogP contribution in [0.1, 0.15) is 38.3 Å². The molecule has 0 saturated carbocycles. The summed E-state index contributed by atoms with van der Waals surface area (Å²) in [6.45, 7) is 1.06. The summed E-state index contributed by atoms with van der Waals surface area (Å²) in [4.78, 5) is 24.3. The number of allylic oxidation sites excluding steroid dienone is 2. The first-order chi connectivity index (χ1) is 18.2. The molecule has 4 rings (SSSR count). The van der Waals surface area contributed by atoms with E-state index in [4.69, 9.17) is 9.47 Å². The molecule has 0 aliphatic heterocycles. The number of ketones is 2. The first kappa shape index (κ1) is 25.4. The average Bonchev–Trinajstić information content (AvgIpc) is 2.96. The number of hydrogen-bond acceptors (Lipinski definition) is 4. The maximum atomic E-state index is 12.2. The highest BCUT2D eigenvalue weighted by molar-refractivity contribution is 6.07. The van der Waals surface area contributed by atoms with Crippen LogP contribution in [0.2, 0.25) is 0 Å². The summed E-state index contributed by atoms with van der Waals surface area (Å²) in [5, 5.41) is 0. The maximum absolute atomic E-state index is 12.2. The van der Waals surface area contributed by atoms with Crippen LogP contribution in [0.25, 0.3) is 12.2 Å².